The van der Waals surface area contributed by atoms with E-state index in [9.17, 15) is 19.2 Å². The van der Waals surface area contributed by atoms with Gasteiger partial charge in [0.25, 0.3) is 0 Å². The maximum atomic E-state index is 11.9. The highest BCUT2D eigenvalue weighted by Crippen LogP contribution is 2.24. The Morgan fingerprint density at radius 1 is 1.15 bits per heavy atom. The predicted octanol–water partition coefficient (Wildman–Crippen LogP) is 1.97. The van der Waals surface area contributed by atoms with Crippen molar-refractivity contribution in [2.75, 3.05) is 13.7 Å². The average molecular weight is 368 g/mol. The van der Waals surface area contributed by atoms with E-state index in [-0.39, 0.29) is 31.2 Å². The molecule has 0 bridgehead atoms. The van der Waals surface area contributed by atoms with Gasteiger partial charge >= 0.3 is 17.9 Å². The third-order valence-corrected chi connectivity index (χ3v) is 3.34. The zero-order chi connectivity index (χ0) is 19.7. The molecule has 0 N–H and O–H groups in total. The number of ketones is 1. The van der Waals surface area contributed by atoms with Crippen molar-refractivity contribution >= 4 is 23.7 Å². The van der Waals surface area contributed by atoms with Crippen molar-refractivity contribution in [3.63, 3.8) is 0 Å². The summed E-state index contributed by atoms with van der Waals surface area (Å²) in [6, 6.07) is 0. The normalized spacial score (nSPS) is 16.1. The smallest absolute Gasteiger partial charge is 0.337 e. The molecular formula is C18H24O8. The first-order valence-corrected chi connectivity index (χ1v) is 8.13. The van der Waals surface area contributed by atoms with Gasteiger partial charge in [0.2, 0.25) is 5.79 Å². The lowest BCUT2D eigenvalue weighted by atomic mass is 10.1. The highest BCUT2D eigenvalue weighted by molar-refractivity contribution is 5.97. The van der Waals surface area contributed by atoms with E-state index in [4.69, 9.17) is 14.2 Å². The molecule has 0 saturated carbocycles. The minimum Gasteiger partial charge on any atom is -0.469 e. The van der Waals surface area contributed by atoms with Crippen LogP contribution < -0.4 is 0 Å². The topological polar surface area (TPSA) is 105 Å². The zero-order valence-electron chi connectivity index (χ0n) is 15.5. The number of hydrogen-bond acceptors (Lipinski definition) is 8. The van der Waals surface area contributed by atoms with Crippen LogP contribution in [0.25, 0.3) is 0 Å². The van der Waals surface area contributed by atoms with Gasteiger partial charge in [-0.1, -0.05) is 5.57 Å². The summed E-state index contributed by atoms with van der Waals surface area (Å²) >= 11 is 0. The summed E-state index contributed by atoms with van der Waals surface area (Å²) in [4.78, 5) is 46.0. The minimum atomic E-state index is -1.14. The van der Waals surface area contributed by atoms with Gasteiger partial charge < -0.3 is 18.9 Å². The molecule has 0 aromatic heterocycles. The number of Topliss-reactive ketones (excluding diaryl/α,β-unsaturated/α-hetero) is 1. The predicted molar refractivity (Wildman–Crippen MR) is 89.5 cm³/mol. The second-order valence-corrected chi connectivity index (χ2v) is 6.24. The highest BCUT2D eigenvalue weighted by Gasteiger charge is 2.31. The fraction of sp³-hybridized carbons (Fsp3) is 0.556. The van der Waals surface area contributed by atoms with Crippen LogP contribution in [0.1, 0.15) is 46.5 Å². The van der Waals surface area contributed by atoms with Crippen LogP contribution >= 0.6 is 0 Å². The fourth-order valence-corrected chi connectivity index (χ4v) is 2.11. The molecule has 0 saturated heterocycles. The van der Waals surface area contributed by atoms with E-state index < -0.39 is 29.9 Å². The van der Waals surface area contributed by atoms with Crippen molar-refractivity contribution in [1.29, 1.82) is 0 Å². The van der Waals surface area contributed by atoms with E-state index in [2.05, 4.69) is 4.74 Å². The van der Waals surface area contributed by atoms with Crippen molar-refractivity contribution < 1.29 is 38.1 Å². The maximum absolute atomic E-state index is 11.9. The van der Waals surface area contributed by atoms with E-state index in [1.54, 1.807) is 26.8 Å². The molecule has 0 fully saturated rings. The Morgan fingerprint density at radius 3 is 2.46 bits per heavy atom. The van der Waals surface area contributed by atoms with Crippen molar-refractivity contribution in [3.8, 4) is 0 Å². The Kier molecular flexibility index (Phi) is 8.02. The number of methoxy groups -OCH3 is 1. The Balaban J connectivity index is 2.35. The minimum absolute atomic E-state index is 0.0116. The van der Waals surface area contributed by atoms with E-state index in [1.165, 1.54) is 7.11 Å². The van der Waals surface area contributed by atoms with Crippen molar-refractivity contribution in [2.24, 2.45) is 0 Å². The van der Waals surface area contributed by atoms with Gasteiger partial charge in [0.05, 0.1) is 19.6 Å². The number of carbonyl (C=O) groups is 4. The molecule has 0 atom stereocenters. The molecule has 144 valence electrons. The Bertz CT molecular complexity index is 627. The van der Waals surface area contributed by atoms with Gasteiger partial charge in [-0.2, -0.15) is 0 Å². The van der Waals surface area contributed by atoms with E-state index in [0.717, 1.165) is 11.6 Å². The van der Waals surface area contributed by atoms with Gasteiger partial charge in [-0.25, -0.2) is 4.79 Å². The van der Waals surface area contributed by atoms with Crippen LogP contribution in [0.2, 0.25) is 0 Å². The number of ether oxygens (including phenoxy) is 4. The molecule has 0 radical (unpaired) electrons. The number of carbonyl (C=O) groups excluding carboxylic acids is 4. The fourth-order valence-electron chi connectivity index (χ4n) is 2.11. The molecule has 0 aromatic rings. The molecule has 1 heterocycles. The molecule has 0 aromatic carbocycles. The number of cyclic esters (lactones) is 1. The number of hydrogen-bond donors (Lipinski definition) is 0. The van der Waals surface area contributed by atoms with Crippen LogP contribution in [0.5, 0.6) is 0 Å². The Hall–Kier alpha value is -2.64. The lowest BCUT2D eigenvalue weighted by Crippen LogP contribution is -2.34. The maximum Gasteiger partial charge on any atom is 0.337 e. The summed E-state index contributed by atoms with van der Waals surface area (Å²) < 4.78 is 19.8. The largest absolute Gasteiger partial charge is 0.469 e. The van der Waals surface area contributed by atoms with Gasteiger partial charge in [0.1, 0.15) is 18.8 Å². The molecular weight excluding hydrogens is 344 g/mol. The summed E-state index contributed by atoms with van der Waals surface area (Å²) in [6.07, 6.45) is 2.88. The lowest BCUT2D eigenvalue weighted by molar-refractivity contribution is -0.205. The number of rotatable bonds is 9. The second-order valence-electron chi connectivity index (χ2n) is 6.24. The van der Waals surface area contributed by atoms with Crippen molar-refractivity contribution in [3.05, 3.63) is 23.5 Å². The average Bonchev–Trinajstić information content (AvgIpc) is 2.50. The van der Waals surface area contributed by atoms with Crippen LogP contribution in [0.15, 0.2) is 23.5 Å². The van der Waals surface area contributed by atoms with Gasteiger partial charge in [-0.3, -0.25) is 14.4 Å². The first-order valence-electron chi connectivity index (χ1n) is 8.13. The molecule has 1 rings (SSSR count). The molecule has 26 heavy (non-hydrogen) atoms. The molecule has 0 spiro atoms. The lowest BCUT2D eigenvalue weighted by Gasteiger charge is -2.30. The number of esters is 3. The third kappa shape index (κ3) is 8.46. The monoisotopic (exact) mass is 368 g/mol. The van der Waals surface area contributed by atoms with Gasteiger partial charge in [0, 0.05) is 20.3 Å². The zero-order valence-corrected chi connectivity index (χ0v) is 15.5. The molecule has 0 aliphatic carbocycles. The first kappa shape index (κ1) is 21.4. The summed E-state index contributed by atoms with van der Waals surface area (Å²) in [5.74, 6) is -3.01. The third-order valence-electron chi connectivity index (χ3n) is 3.34. The molecule has 0 unspecified atom stereocenters. The molecule has 1 aliphatic heterocycles. The molecule has 0 amide bonds. The van der Waals surface area contributed by atoms with Crippen molar-refractivity contribution in [1.82, 2.24) is 0 Å². The first-order chi connectivity index (χ1) is 12.1. The van der Waals surface area contributed by atoms with E-state index >= 15 is 0 Å². The standard InChI is InChI=1S/C18H24O8/c1-12(5-6-15(20)23-4)7-8-24-16(21)10-13(19)9-14-11-17(22)26-18(2,3)25-14/h7,11H,5-6,8-10H2,1-4H3. The quantitative estimate of drug-likeness (QED) is 0.263. The van der Waals surface area contributed by atoms with Gasteiger partial charge in [-0.05, 0) is 19.4 Å². The summed E-state index contributed by atoms with van der Waals surface area (Å²) in [7, 11) is 1.32. The number of allylic oxidation sites excluding steroid dienone is 2. The molecule has 8 heteroatoms. The Labute approximate surface area is 152 Å². The summed E-state index contributed by atoms with van der Waals surface area (Å²) in [6.45, 7) is 4.91. The van der Waals surface area contributed by atoms with Crippen LogP contribution in [0, 0.1) is 0 Å². The van der Waals surface area contributed by atoms with Crippen LogP contribution in [0.4, 0.5) is 0 Å². The Morgan fingerprint density at radius 2 is 1.85 bits per heavy atom. The highest BCUT2D eigenvalue weighted by atomic mass is 16.7. The van der Waals surface area contributed by atoms with Crippen LogP contribution in [0.3, 0.4) is 0 Å². The van der Waals surface area contributed by atoms with E-state index in [0.29, 0.717) is 6.42 Å². The van der Waals surface area contributed by atoms with Gasteiger partial charge in [-0.15, -0.1) is 0 Å². The molecule has 1 aliphatic rings. The van der Waals surface area contributed by atoms with Crippen molar-refractivity contribution in [2.45, 2.75) is 52.2 Å². The molecule has 8 nitrogen and oxygen atoms in total. The summed E-state index contributed by atoms with van der Waals surface area (Å²) in [5.41, 5.74) is 0.871. The summed E-state index contributed by atoms with van der Waals surface area (Å²) in [5, 5.41) is 0. The van der Waals surface area contributed by atoms with Crippen LogP contribution in [-0.2, 0) is 38.1 Å². The van der Waals surface area contributed by atoms with Gasteiger partial charge in [0.15, 0.2) is 5.78 Å². The SMILES string of the molecule is COC(=O)CCC(C)=CCOC(=O)CC(=O)CC1=CC(=O)OC(C)(C)O1. The van der Waals surface area contributed by atoms with E-state index in [1.807, 2.05) is 0 Å². The van der Waals surface area contributed by atoms with Crippen LogP contribution in [-0.4, -0.2) is 43.2 Å². The second kappa shape index (κ2) is 9.74.